The first-order valence-electron chi connectivity index (χ1n) is 7.53. The van der Waals surface area contributed by atoms with E-state index in [4.69, 9.17) is 16.4 Å². The highest BCUT2D eigenvalue weighted by Crippen LogP contribution is 2.26. The van der Waals surface area contributed by atoms with Crippen LogP contribution < -0.4 is 4.90 Å². The molecule has 1 aliphatic heterocycles. The molecule has 0 aromatic heterocycles. The lowest BCUT2D eigenvalue weighted by molar-refractivity contribution is -0.123. The number of fused-ring (bicyclic) bond motifs is 1. The maximum absolute atomic E-state index is 12.3. The molecule has 118 valence electrons. The maximum Gasteiger partial charge on any atom is 0.267 e. The van der Waals surface area contributed by atoms with Gasteiger partial charge >= 0.3 is 0 Å². The minimum atomic E-state index is -0.0783. The summed E-state index contributed by atoms with van der Waals surface area (Å²) in [5.41, 5.74) is 3.05. The lowest BCUT2D eigenvalue weighted by Crippen LogP contribution is -2.37. The lowest BCUT2D eigenvalue weighted by Gasteiger charge is -2.28. The number of oxime groups is 1. The molecule has 1 aliphatic rings. The number of hydrogen-bond donors (Lipinski definition) is 0. The van der Waals surface area contributed by atoms with Gasteiger partial charge in [-0.25, -0.2) is 0 Å². The first kappa shape index (κ1) is 15.6. The highest BCUT2D eigenvalue weighted by molar-refractivity contribution is 6.30. The van der Waals surface area contributed by atoms with E-state index in [1.165, 1.54) is 5.56 Å². The van der Waals surface area contributed by atoms with Crippen LogP contribution in [0.25, 0.3) is 0 Å². The van der Waals surface area contributed by atoms with Crippen LogP contribution in [0.15, 0.2) is 53.7 Å². The molecule has 0 fully saturated rings. The van der Waals surface area contributed by atoms with Gasteiger partial charge in [-0.1, -0.05) is 47.1 Å². The standard InChI is InChI=1S/C18H17ClN2O2/c19-16-9-7-14(8-10-16)12-20-23-13-18(22)21-11-3-5-15-4-1-2-6-17(15)21/h1-2,4,6-10,12H,3,5,11,13H2/b20-12+. The first-order chi connectivity index (χ1) is 11.2. The number of para-hydroxylation sites is 1. The van der Waals surface area contributed by atoms with Gasteiger partial charge in [-0.15, -0.1) is 0 Å². The SMILES string of the molecule is O=C(CO/N=C/c1ccc(Cl)cc1)N1CCCc2ccccc21. The van der Waals surface area contributed by atoms with Crippen molar-refractivity contribution in [3.8, 4) is 0 Å². The second kappa shape index (κ2) is 7.29. The number of aryl methyl sites for hydroxylation is 1. The maximum atomic E-state index is 12.3. The molecule has 0 spiro atoms. The van der Waals surface area contributed by atoms with E-state index >= 15 is 0 Å². The Bertz CT molecular complexity index is 713. The van der Waals surface area contributed by atoms with Gasteiger partial charge in [0, 0.05) is 17.3 Å². The van der Waals surface area contributed by atoms with Gasteiger partial charge < -0.3 is 9.74 Å². The molecular weight excluding hydrogens is 312 g/mol. The van der Waals surface area contributed by atoms with E-state index in [9.17, 15) is 4.79 Å². The molecule has 0 bridgehead atoms. The van der Waals surface area contributed by atoms with Crippen molar-refractivity contribution < 1.29 is 9.63 Å². The molecule has 2 aromatic carbocycles. The van der Waals surface area contributed by atoms with Crippen molar-refractivity contribution in [2.45, 2.75) is 12.8 Å². The summed E-state index contributed by atoms with van der Waals surface area (Å²) in [6.45, 7) is 0.651. The van der Waals surface area contributed by atoms with E-state index in [1.54, 1.807) is 23.2 Å². The van der Waals surface area contributed by atoms with Crippen LogP contribution in [-0.2, 0) is 16.1 Å². The molecule has 0 aliphatic carbocycles. The van der Waals surface area contributed by atoms with Gasteiger partial charge in [0.15, 0.2) is 6.61 Å². The molecule has 0 saturated carbocycles. The highest BCUT2D eigenvalue weighted by atomic mass is 35.5. The molecule has 0 saturated heterocycles. The van der Waals surface area contributed by atoms with Crippen molar-refractivity contribution in [3.63, 3.8) is 0 Å². The Morgan fingerprint density at radius 1 is 1.22 bits per heavy atom. The van der Waals surface area contributed by atoms with E-state index in [0.717, 1.165) is 30.6 Å². The highest BCUT2D eigenvalue weighted by Gasteiger charge is 2.22. The van der Waals surface area contributed by atoms with E-state index < -0.39 is 0 Å². The summed E-state index contributed by atoms with van der Waals surface area (Å²) in [6, 6.07) is 15.2. The summed E-state index contributed by atoms with van der Waals surface area (Å²) in [5, 5.41) is 4.52. The third-order valence-corrected chi connectivity index (χ3v) is 4.00. The third-order valence-electron chi connectivity index (χ3n) is 3.75. The number of amides is 1. The Kier molecular flexibility index (Phi) is 4.93. The number of hydrogen-bond acceptors (Lipinski definition) is 3. The van der Waals surface area contributed by atoms with Gasteiger partial charge in [0.05, 0.1) is 6.21 Å². The third kappa shape index (κ3) is 3.90. The summed E-state index contributed by atoms with van der Waals surface area (Å²) >= 11 is 5.82. The molecule has 4 nitrogen and oxygen atoms in total. The fourth-order valence-corrected chi connectivity index (χ4v) is 2.74. The van der Waals surface area contributed by atoms with Crippen LogP contribution in [0.5, 0.6) is 0 Å². The van der Waals surface area contributed by atoms with Crippen LogP contribution in [0.4, 0.5) is 5.69 Å². The van der Waals surface area contributed by atoms with Gasteiger partial charge in [-0.05, 0) is 42.2 Å². The zero-order valence-corrected chi connectivity index (χ0v) is 13.4. The monoisotopic (exact) mass is 328 g/mol. The molecule has 23 heavy (non-hydrogen) atoms. The molecule has 1 heterocycles. The summed E-state index contributed by atoms with van der Waals surface area (Å²) in [4.78, 5) is 19.2. The van der Waals surface area contributed by atoms with Crippen molar-refractivity contribution in [3.05, 3.63) is 64.7 Å². The van der Waals surface area contributed by atoms with Crippen molar-refractivity contribution >= 4 is 29.4 Å². The van der Waals surface area contributed by atoms with Gasteiger partial charge in [0.2, 0.25) is 0 Å². The fraction of sp³-hybridized carbons (Fsp3) is 0.222. The van der Waals surface area contributed by atoms with E-state index in [0.29, 0.717) is 5.02 Å². The average Bonchev–Trinajstić information content (AvgIpc) is 2.59. The second-order valence-electron chi connectivity index (χ2n) is 5.34. The number of carbonyl (C=O) groups excluding carboxylic acids is 1. The predicted octanol–water partition coefficient (Wildman–Crippen LogP) is 3.67. The number of benzene rings is 2. The van der Waals surface area contributed by atoms with E-state index in [2.05, 4.69) is 11.2 Å². The largest absolute Gasteiger partial charge is 0.386 e. The zero-order valence-electron chi connectivity index (χ0n) is 12.6. The van der Waals surface area contributed by atoms with Crippen molar-refractivity contribution in [2.75, 3.05) is 18.1 Å². The van der Waals surface area contributed by atoms with Crippen molar-refractivity contribution in [2.24, 2.45) is 5.16 Å². The molecule has 1 amide bonds. The molecule has 5 heteroatoms. The molecule has 0 unspecified atom stereocenters. The quantitative estimate of drug-likeness (QED) is 0.634. The Morgan fingerprint density at radius 2 is 2.00 bits per heavy atom. The number of rotatable bonds is 4. The minimum Gasteiger partial charge on any atom is -0.386 e. The Hall–Kier alpha value is -2.33. The van der Waals surface area contributed by atoms with Crippen LogP contribution in [0, 0.1) is 0 Å². The predicted molar refractivity (Wildman–Crippen MR) is 92.1 cm³/mol. The molecule has 3 rings (SSSR count). The normalized spacial score (nSPS) is 13.9. The summed E-state index contributed by atoms with van der Waals surface area (Å²) in [6.07, 6.45) is 3.54. The Balaban J connectivity index is 1.57. The molecular formula is C18H17ClN2O2. The molecule has 2 aromatic rings. The van der Waals surface area contributed by atoms with Gasteiger partial charge in [-0.2, -0.15) is 0 Å². The topological polar surface area (TPSA) is 41.9 Å². The van der Waals surface area contributed by atoms with Crippen molar-refractivity contribution in [1.82, 2.24) is 0 Å². The number of nitrogens with zero attached hydrogens (tertiary/aromatic N) is 2. The summed E-state index contributed by atoms with van der Waals surface area (Å²) < 4.78 is 0. The van der Waals surface area contributed by atoms with Gasteiger partial charge in [0.25, 0.3) is 5.91 Å². The van der Waals surface area contributed by atoms with E-state index in [-0.39, 0.29) is 12.5 Å². The van der Waals surface area contributed by atoms with E-state index in [1.807, 2.05) is 30.3 Å². The van der Waals surface area contributed by atoms with Crippen LogP contribution in [-0.4, -0.2) is 25.3 Å². The Morgan fingerprint density at radius 3 is 2.83 bits per heavy atom. The molecule has 0 N–H and O–H groups in total. The smallest absolute Gasteiger partial charge is 0.267 e. The fourth-order valence-electron chi connectivity index (χ4n) is 2.61. The van der Waals surface area contributed by atoms with Crippen molar-refractivity contribution in [1.29, 1.82) is 0 Å². The van der Waals surface area contributed by atoms with Gasteiger partial charge in [-0.3, -0.25) is 4.79 Å². The summed E-state index contributed by atoms with van der Waals surface area (Å²) in [7, 11) is 0. The second-order valence-corrected chi connectivity index (χ2v) is 5.77. The van der Waals surface area contributed by atoms with Crippen LogP contribution in [0.3, 0.4) is 0 Å². The summed E-state index contributed by atoms with van der Waals surface area (Å²) in [5.74, 6) is -0.0783. The van der Waals surface area contributed by atoms with Crippen LogP contribution in [0.2, 0.25) is 5.02 Å². The van der Waals surface area contributed by atoms with Crippen LogP contribution in [0.1, 0.15) is 17.5 Å². The number of anilines is 1. The lowest BCUT2D eigenvalue weighted by atomic mass is 10.0. The van der Waals surface area contributed by atoms with Gasteiger partial charge in [0.1, 0.15) is 0 Å². The average molecular weight is 329 g/mol. The Labute approximate surface area is 140 Å². The number of carbonyl (C=O) groups is 1. The minimum absolute atomic E-state index is 0.0710. The number of halogens is 1. The molecule has 0 atom stereocenters. The first-order valence-corrected chi connectivity index (χ1v) is 7.91. The van der Waals surface area contributed by atoms with Crippen LogP contribution >= 0.6 is 11.6 Å². The zero-order chi connectivity index (χ0) is 16.1. The molecule has 0 radical (unpaired) electrons.